The minimum Gasteiger partial charge on any atom is -0.306 e. The summed E-state index contributed by atoms with van der Waals surface area (Å²) >= 11 is 1.31. The van der Waals surface area contributed by atoms with Crippen molar-refractivity contribution in [3.05, 3.63) is 0 Å². The molecule has 3 nitrogen and oxygen atoms in total. The maximum Gasteiger partial charge on any atom is 0.222 e. The summed E-state index contributed by atoms with van der Waals surface area (Å²) in [7, 11) is 0. The maximum atomic E-state index is 10.3. The summed E-state index contributed by atoms with van der Waals surface area (Å²) in [6.07, 6.45) is 0. The molecule has 52 valence electrons. The molecule has 1 amide bonds. The highest BCUT2D eigenvalue weighted by atomic mass is 32.2. The summed E-state index contributed by atoms with van der Waals surface area (Å²) in [5.74, 6) is 0.639. The molecule has 0 aliphatic heterocycles. The number of amides is 1. The van der Waals surface area contributed by atoms with Gasteiger partial charge in [0.1, 0.15) is 0 Å². The van der Waals surface area contributed by atoms with Crippen molar-refractivity contribution in [3.8, 4) is 0 Å². The van der Waals surface area contributed by atoms with Crippen LogP contribution in [0.25, 0.3) is 0 Å². The second-order valence-electron chi connectivity index (χ2n) is 1.44. The third kappa shape index (κ3) is 5.36. The second-order valence-corrected chi connectivity index (χ2v) is 2.72. The maximum absolute atomic E-state index is 10.3. The summed E-state index contributed by atoms with van der Waals surface area (Å²) in [4.78, 5) is 10.3. The van der Waals surface area contributed by atoms with E-state index in [1.54, 1.807) is 0 Å². The number of hydrogen-bond donors (Lipinski definition) is 2. The van der Waals surface area contributed by atoms with Gasteiger partial charge >= 0.3 is 0 Å². The first-order valence-corrected chi connectivity index (χ1v) is 3.64. The van der Waals surface area contributed by atoms with Crippen LogP contribution >= 0.6 is 11.8 Å². The fourth-order valence-corrected chi connectivity index (χ4v) is 0.845. The molecule has 0 aliphatic rings. The minimum atomic E-state index is -0.180. The summed E-state index contributed by atoms with van der Waals surface area (Å²) in [6.45, 7) is 3.33. The van der Waals surface area contributed by atoms with E-state index >= 15 is 0 Å². The Labute approximate surface area is 58.7 Å². The molecule has 4 heteroatoms. The monoisotopic (exact) mass is 146 g/mol. The third-order valence-electron chi connectivity index (χ3n) is 0.578. The molecule has 0 aromatic carbocycles. The number of rotatable bonds is 1. The molecular weight excluding hydrogens is 136 g/mol. The van der Waals surface area contributed by atoms with Gasteiger partial charge in [0.2, 0.25) is 5.91 Å². The molecule has 0 aliphatic carbocycles. The number of amidine groups is 1. The molecule has 0 atom stereocenters. The lowest BCUT2D eigenvalue weighted by Crippen LogP contribution is -2.24. The first-order valence-electron chi connectivity index (χ1n) is 2.65. The fourth-order valence-electron chi connectivity index (χ4n) is 0.340. The molecule has 0 radical (unpaired) electrons. The van der Waals surface area contributed by atoms with Gasteiger partial charge in [-0.2, -0.15) is 0 Å². The first-order chi connectivity index (χ1) is 4.16. The van der Waals surface area contributed by atoms with Crippen LogP contribution in [0.4, 0.5) is 0 Å². The minimum absolute atomic E-state index is 0.180. The van der Waals surface area contributed by atoms with Gasteiger partial charge in [0.05, 0.1) is 0 Å². The zero-order valence-corrected chi connectivity index (χ0v) is 6.34. The topological polar surface area (TPSA) is 53.0 Å². The van der Waals surface area contributed by atoms with Crippen molar-refractivity contribution in [2.75, 3.05) is 5.75 Å². The predicted molar refractivity (Wildman–Crippen MR) is 39.7 cm³/mol. The van der Waals surface area contributed by atoms with Crippen molar-refractivity contribution in [1.29, 1.82) is 5.41 Å². The zero-order valence-electron chi connectivity index (χ0n) is 5.52. The van der Waals surface area contributed by atoms with E-state index in [-0.39, 0.29) is 11.1 Å². The molecule has 2 N–H and O–H groups in total. The van der Waals surface area contributed by atoms with E-state index in [0.717, 1.165) is 5.75 Å². The van der Waals surface area contributed by atoms with E-state index in [1.807, 2.05) is 6.92 Å². The highest BCUT2D eigenvalue weighted by Crippen LogP contribution is 1.96. The van der Waals surface area contributed by atoms with Crippen LogP contribution in [0, 0.1) is 5.41 Å². The summed E-state index contributed by atoms with van der Waals surface area (Å²) in [5.41, 5.74) is 0. The molecular formula is C5H10N2OS. The van der Waals surface area contributed by atoms with Crippen molar-refractivity contribution in [3.63, 3.8) is 0 Å². The van der Waals surface area contributed by atoms with E-state index in [4.69, 9.17) is 5.41 Å². The van der Waals surface area contributed by atoms with E-state index < -0.39 is 0 Å². The Morgan fingerprint density at radius 2 is 2.33 bits per heavy atom. The van der Waals surface area contributed by atoms with E-state index in [1.165, 1.54) is 18.7 Å². The van der Waals surface area contributed by atoms with Gasteiger partial charge in [-0.15, -0.1) is 0 Å². The average Bonchev–Trinajstić information content (AvgIpc) is 1.63. The Balaban J connectivity index is 3.39. The van der Waals surface area contributed by atoms with Gasteiger partial charge < -0.3 is 5.32 Å². The lowest BCUT2D eigenvalue weighted by molar-refractivity contribution is -0.117. The SMILES string of the molecule is CCSC(=N)NC(C)=O. The molecule has 0 saturated carbocycles. The van der Waals surface area contributed by atoms with Crippen LogP contribution in [0.2, 0.25) is 0 Å². The van der Waals surface area contributed by atoms with E-state index in [2.05, 4.69) is 5.32 Å². The highest BCUT2D eigenvalue weighted by Gasteiger charge is 1.95. The Bertz CT molecular complexity index is 124. The van der Waals surface area contributed by atoms with Crippen molar-refractivity contribution in [2.45, 2.75) is 13.8 Å². The van der Waals surface area contributed by atoms with Crippen LogP contribution in [0.5, 0.6) is 0 Å². The van der Waals surface area contributed by atoms with Gasteiger partial charge in [0, 0.05) is 6.92 Å². The molecule has 0 unspecified atom stereocenters. The molecule has 0 heterocycles. The zero-order chi connectivity index (χ0) is 7.28. The number of carbonyl (C=O) groups is 1. The van der Waals surface area contributed by atoms with Gasteiger partial charge in [-0.25, -0.2) is 0 Å². The van der Waals surface area contributed by atoms with Gasteiger partial charge in [-0.05, 0) is 5.75 Å². The number of nitrogens with one attached hydrogen (secondary N) is 2. The molecule has 0 bridgehead atoms. The van der Waals surface area contributed by atoms with E-state index in [0.29, 0.717) is 0 Å². The molecule has 0 spiro atoms. The number of thioether (sulfide) groups is 1. The largest absolute Gasteiger partial charge is 0.306 e. The summed E-state index contributed by atoms with van der Waals surface area (Å²) in [5, 5.41) is 9.63. The number of carbonyl (C=O) groups excluding carboxylic acids is 1. The molecule has 9 heavy (non-hydrogen) atoms. The molecule has 0 aromatic rings. The Morgan fingerprint density at radius 3 is 2.67 bits per heavy atom. The molecule has 0 rings (SSSR count). The van der Waals surface area contributed by atoms with Gasteiger partial charge in [-0.3, -0.25) is 10.2 Å². The standard InChI is InChI=1S/C5H10N2OS/c1-3-9-5(6)7-4(2)8/h3H2,1-2H3,(H2,6,7,8). The number of hydrogen-bond acceptors (Lipinski definition) is 3. The normalized spacial score (nSPS) is 8.67. The Morgan fingerprint density at radius 1 is 1.78 bits per heavy atom. The van der Waals surface area contributed by atoms with Crippen LogP contribution in [-0.4, -0.2) is 16.8 Å². The smallest absolute Gasteiger partial charge is 0.222 e. The molecule has 0 saturated heterocycles. The third-order valence-corrected chi connectivity index (χ3v) is 1.26. The van der Waals surface area contributed by atoms with Crippen molar-refractivity contribution in [1.82, 2.24) is 5.32 Å². The van der Waals surface area contributed by atoms with Gasteiger partial charge in [-0.1, -0.05) is 18.7 Å². The quantitative estimate of drug-likeness (QED) is 0.425. The van der Waals surface area contributed by atoms with Gasteiger partial charge in [0.25, 0.3) is 0 Å². The van der Waals surface area contributed by atoms with Crippen LogP contribution < -0.4 is 5.32 Å². The van der Waals surface area contributed by atoms with Crippen molar-refractivity contribution in [2.24, 2.45) is 0 Å². The lowest BCUT2D eigenvalue weighted by Gasteiger charge is -1.98. The van der Waals surface area contributed by atoms with Crippen LogP contribution in [-0.2, 0) is 4.79 Å². The van der Waals surface area contributed by atoms with Gasteiger partial charge in [0.15, 0.2) is 5.17 Å². The highest BCUT2D eigenvalue weighted by molar-refractivity contribution is 8.13. The lowest BCUT2D eigenvalue weighted by atomic mass is 10.7. The van der Waals surface area contributed by atoms with Crippen molar-refractivity contribution < 1.29 is 4.79 Å². The Hall–Kier alpha value is -0.510. The van der Waals surface area contributed by atoms with Crippen LogP contribution in [0.3, 0.4) is 0 Å². The summed E-state index contributed by atoms with van der Waals surface area (Å²) < 4.78 is 0. The second kappa shape index (κ2) is 4.38. The fraction of sp³-hybridized carbons (Fsp3) is 0.600. The molecule has 0 aromatic heterocycles. The average molecular weight is 146 g/mol. The molecule has 0 fully saturated rings. The van der Waals surface area contributed by atoms with Crippen LogP contribution in [0.1, 0.15) is 13.8 Å². The van der Waals surface area contributed by atoms with Crippen LogP contribution in [0.15, 0.2) is 0 Å². The summed E-state index contributed by atoms with van der Waals surface area (Å²) in [6, 6.07) is 0. The Kier molecular flexibility index (Phi) is 4.13. The predicted octanol–water partition coefficient (Wildman–Crippen LogP) is 0.810. The first kappa shape index (κ1) is 8.49. The van der Waals surface area contributed by atoms with Crippen molar-refractivity contribution >= 4 is 22.8 Å². The van der Waals surface area contributed by atoms with E-state index in [9.17, 15) is 4.79 Å².